The van der Waals surface area contributed by atoms with Gasteiger partial charge >= 0.3 is 0 Å². The minimum absolute atomic E-state index is 0.0251. The molecule has 3 aromatic rings. The van der Waals surface area contributed by atoms with Gasteiger partial charge in [-0.05, 0) is 66.9 Å². The predicted octanol–water partition coefficient (Wildman–Crippen LogP) is 4.05. The van der Waals surface area contributed by atoms with E-state index in [4.69, 9.17) is 14.2 Å². The summed E-state index contributed by atoms with van der Waals surface area (Å²) in [6, 6.07) is 21.9. The Hall–Kier alpha value is -3.83. The van der Waals surface area contributed by atoms with Crippen LogP contribution in [0.25, 0.3) is 0 Å². The molecule has 1 atom stereocenters. The molecule has 2 aliphatic rings. The monoisotopic (exact) mass is 590 g/mol. The molecule has 0 aromatic heterocycles. The highest BCUT2D eigenvalue weighted by Crippen LogP contribution is 2.23. The van der Waals surface area contributed by atoms with E-state index in [9.17, 15) is 14.0 Å². The Morgan fingerprint density at radius 2 is 1.53 bits per heavy atom. The molecule has 0 aliphatic carbocycles. The second-order valence-electron chi connectivity index (χ2n) is 10.8. The van der Waals surface area contributed by atoms with E-state index in [-0.39, 0.29) is 30.8 Å². The Balaban J connectivity index is 1.14. The van der Waals surface area contributed by atoms with Crippen LogP contribution in [0.15, 0.2) is 78.9 Å². The van der Waals surface area contributed by atoms with Gasteiger partial charge in [0.1, 0.15) is 23.4 Å². The summed E-state index contributed by atoms with van der Waals surface area (Å²) in [7, 11) is 0. The average molecular weight is 591 g/mol. The maximum Gasteiger partial charge on any atom is 0.249 e. The first kappa shape index (κ1) is 30.6. The van der Waals surface area contributed by atoms with Crippen LogP contribution >= 0.6 is 0 Å². The van der Waals surface area contributed by atoms with Crippen LogP contribution in [0.5, 0.6) is 11.5 Å². The number of likely N-dealkylation sites (tertiary alicyclic amines) is 1. The molecule has 43 heavy (non-hydrogen) atoms. The van der Waals surface area contributed by atoms with E-state index in [2.05, 4.69) is 20.4 Å². The number of carbonyl (C=O) groups is 2. The van der Waals surface area contributed by atoms with Crippen LogP contribution in [-0.4, -0.2) is 86.2 Å². The van der Waals surface area contributed by atoms with Crippen LogP contribution in [0.4, 0.5) is 10.1 Å². The zero-order chi connectivity index (χ0) is 29.9. The van der Waals surface area contributed by atoms with E-state index in [1.165, 1.54) is 12.1 Å². The van der Waals surface area contributed by atoms with Gasteiger partial charge in [0.15, 0.2) is 0 Å². The molecule has 228 valence electrons. The van der Waals surface area contributed by atoms with Gasteiger partial charge in [0.2, 0.25) is 11.8 Å². The maximum atomic E-state index is 13.3. The van der Waals surface area contributed by atoms with Gasteiger partial charge in [-0.25, -0.2) is 4.39 Å². The van der Waals surface area contributed by atoms with Gasteiger partial charge in [-0.2, -0.15) is 0 Å². The highest BCUT2D eigenvalue weighted by atomic mass is 19.1. The third-order valence-corrected chi connectivity index (χ3v) is 7.71. The molecule has 3 aromatic carbocycles. The fourth-order valence-electron chi connectivity index (χ4n) is 5.35. The van der Waals surface area contributed by atoms with Crippen LogP contribution in [0.2, 0.25) is 0 Å². The number of ether oxygens (including phenoxy) is 3. The van der Waals surface area contributed by atoms with Crippen molar-refractivity contribution in [2.75, 3.05) is 57.9 Å². The second-order valence-corrected chi connectivity index (χ2v) is 10.8. The van der Waals surface area contributed by atoms with Gasteiger partial charge in [0.25, 0.3) is 0 Å². The van der Waals surface area contributed by atoms with Crippen molar-refractivity contribution >= 4 is 17.5 Å². The Kier molecular flexibility index (Phi) is 11.1. The highest BCUT2D eigenvalue weighted by Gasteiger charge is 2.28. The zero-order valence-electron chi connectivity index (χ0n) is 24.3. The van der Waals surface area contributed by atoms with Gasteiger partial charge in [-0.3, -0.25) is 19.4 Å². The summed E-state index contributed by atoms with van der Waals surface area (Å²) in [6.07, 6.45) is 2.02. The summed E-state index contributed by atoms with van der Waals surface area (Å²) in [4.78, 5) is 31.0. The fourth-order valence-corrected chi connectivity index (χ4v) is 5.35. The molecule has 2 heterocycles. The van der Waals surface area contributed by atoms with Gasteiger partial charge < -0.3 is 24.8 Å². The lowest BCUT2D eigenvalue weighted by molar-refractivity contribution is -0.129. The Morgan fingerprint density at radius 1 is 0.884 bits per heavy atom. The largest absolute Gasteiger partial charge is 0.457 e. The second kappa shape index (κ2) is 15.6. The van der Waals surface area contributed by atoms with Crippen molar-refractivity contribution in [1.29, 1.82) is 0 Å². The number of hydrogen-bond donors (Lipinski definition) is 2. The first-order valence-corrected chi connectivity index (χ1v) is 14.8. The van der Waals surface area contributed by atoms with Crippen molar-refractivity contribution < 1.29 is 28.2 Å². The third kappa shape index (κ3) is 9.59. The number of anilines is 1. The molecule has 2 aliphatic heterocycles. The minimum Gasteiger partial charge on any atom is -0.457 e. The van der Waals surface area contributed by atoms with Crippen molar-refractivity contribution in [1.82, 2.24) is 15.1 Å². The van der Waals surface area contributed by atoms with Crippen LogP contribution in [-0.2, 0) is 25.7 Å². The van der Waals surface area contributed by atoms with Crippen LogP contribution < -0.4 is 15.4 Å². The summed E-state index contributed by atoms with van der Waals surface area (Å²) >= 11 is 0. The molecule has 0 bridgehead atoms. The lowest BCUT2D eigenvalue weighted by atomic mass is 10.0. The van der Waals surface area contributed by atoms with Crippen molar-refractivity contribution in [3.63, 3.8) is 0 Å². The number of halogens is 1. The minimum atomic E-state index is -0.878. The SMILES string of the molecule is O=C(CN1CCC(N2CCOCC2)CC1)N[C@@H](COCc1ccccc1)C(=O)Nc1ccc(Oc2ccc(F)cc2)cc1. The molecule has 0 spiro atoms. The Morgan fingerprint density at radius 3 is 2.21 bits per heavy atom. The van der Waals surface area contributed by atoms with Crippen LogP contribution in [0.1, 0.15) is 18.4 Å². The smallest absolute Gasteiger partial charge is 0.249 e. The number of nitrogens with zero attached hydrogens (tertiary/aromatic N) is 2. The summed E-state index contributed by atoms with van der Waals surface area (Å²) in [5, 5.41) is 5.77. The Labute approximate surface area is 251 Å². The summed E-state index contributed by atoms with van der Waals surface area (Å²) in [5.74, 6) is 0.115. The fraction of sp³-hybridized carbons (Fsp3) is 0.394. The quantitative estimate of drug-likeness (QED) is 0.329. The predicted molar refractivity (Wildman–Crippen MR) is 161 cm³/mol. The number of nitrogens with one attached hydrogen (secondary N) is 2. The number of carbonyl (C=O) groups excluding carboxylic acids is 2. The lowest BCUT2D eigenvalue weighted by Crippen LogP contribution is -2.52. The molecule has 0 radical (unpaired) electrons. The van der Waals surface area contributed by atoms with Crippen LogP contribution in [0.3, 0.4) is 0 Å². The number of rotatable bonds is 12. The molecular weight excluding hydrogens is 551 g/mol. The summed E-state index contributed by atoms with van der Waals surface area (Å²) in [5.41, 5.74) is 1.52. The molecule has 2 amide bonds. The number of benzene rings is 3. The lowest BCUT2D eigenvalue weighted by Gasteiger charge is -2.39. The molecule has 0 saturated carbocycles. The van der Waals surface area contributed by atoms with E-state index in [0.717, 1.165) is 57.8 Å². The van der Waals surface area contributed by atoms with Gasteiger partial charge in [0, 0.05) is 37.9 Å². The molecule has 9 nitrogen and oxygen atoms in total. The molecule has 0 unspecified atom stereocenters. The van der Waals surface area contributed by atoms with E-state index >= 15 is 0 Å². The van der Waals surface area contributed by atoms with Crippen molar-refractivity contribution in [2.24, 2.45) is 0 Å². The van der Waals surface area contributed by atoms with Crippen molar-refractivity contribution in [3.05, 3.63) is 90.2 Å². The summed E-state index contributed by atoms with van der Waals surface area (Å²) < 4.78 is 30.2. The molecule has 2 saturated heterocycles. The zero-order valence-corrected chi connectivity index (χ0v) is 24.3. The maximum absolute atomic E-state index is 13.3. The first-order chi connectivity index (χ1) is 21.0. The first-order valence-electron chi connectivity index (χ1n) is 14.8. The summed E-state index contributed by atoms with van der Waals surface area (Å²) in [6.45, 7) is 5.75. The normalized spacial score (nSPS) is 17.2. The van der Waals surface area contributed by atoms with Crippen molar-refractivity contribution in [2.45, 2.75) is 31.5 Å². The number of hydrogen-bond acceptors (Lipinski definition) is 7. The van der Waals surface area contributed by atoms with Gasteiger partial charge in [-0.15, -0.1) is 0 Å². The topological polar surface area (TPSA) is 92.4 Å². The van der Waals surface area contributed by atoms with Crippen molar-refractivity contribution in [3.8, 4) is 11.5 Å². The molecule has 2 fully saturated rings. The number of morpholine rings is 1. The number of piperidine rings is 1. The highest BCUT2D eigenvalue weighted by molar-refractivity contribution is 5.97. The average Bonchev–Trinajstić information content (AvgIpc) is 3.04. The Bertz CT molecular complexity index is 1300. The molecule has 2 N–H and O–H groups in total. The van der Waals surface area contributed by atoms with E-state index in [0.29, 0.717) is 29.8 Å². The van der Waals surface area contributed by atoms with Gasteiger partial charge in [0.05, 0.1) is 33.0 Å². The van der Waals surface area contributed by atoms with Gasteiger partial charge in [-0.1, -0.05) is 30.3 Å². The van der Waals surface area contributed by atoms with Crippen LogP contribution in [0, 0.1) is 5.82 Å². The van der Waals surface area contributed by atoms with E-state index < -0.39 is 6.04 Å². The molecule has 5 rings (SSSR count). The standard InChI is InChI=1S/C33H39FN4O5/c34-26-6-10-29(11-7-26)43-30-12-8-27(9-13-30)35-33(40)31(24-42-23-25-4-2-1-3-5-25)36-32(39)22-37-16-14-28(15-17-37)38-18-20-41-21-19-38/h1-13,28,31H,14-24H2,(H,35,40)(H,36,39)/t31-/m0/s1. The number of amides is 2. The third-order valence-electron chi connectivity index (χ3n) is 7.71. The molecule has 10 heteroatoms. The van der Waals surface area contributed by atoms with E-state index in [1.807, 2.05) is 30.3 Å². The van der Waals surface area contributed by atoms with E-state index in [1.54, 1.807) is 36.4 Å². The molecular formula is C33H39FN4O5.